The van der Waals surface area contributed by atoms with Crippen molar-refractivity contribution in [2.45, 2.75) is 19.5 Å². The number of nitro groups is 1. The highest BCUT2D eigenvalue weighted by atomic mass is 32.1. The van der Waals surface area contributed by atoms with Gasteiger partial charge in [0, 0.05) is 12.6 Å². The highest BCUT2D eigenvalue weighted by Crippen LogP contribution is 2.32. The monoisotopic (exact) mass is 303 g/mol. The Labute approximate surface area is 116 Å². The highest BCUT2D eigenvalue weighted by molar-refractivity contribution is 7.18. The van der Waals surface area contributed by atoms with E-state index in [4.69, 9.17) is 5.11 Å². The number of nitrogens with one attached hydrogen (secondary N) is 1. The van der Waals surface area contributed by atoms with Crippen molar-refractivity contribution >= 4 is 32.9 Å². The number of aliphatic hydroxyl groups is 1. The van der Waals surface area contributed by atoms with E-state index in [1.165, 1.54) is 23.5 Å². The molecule has 9 heteroatoms. The number of nitrogens with zero attached hydrogens (tertiary/aromatic N) is 2. The SMILES string of the molecule is Cc1nc2cc(NCC(O)C(F)F)c([N+](=O)[O-])cc2s1. The predicted octanol–water partition coefficient (Wildman–Crippen LogP) is 2.55. The second kappa shape index (κ2) is 5.63. The Hall–Kier alpha value is -1.87. The number of hydrogen-bond donors (Lipinski definition) is 2. The molecule has 0 saturated carbocycles. The fourth-order valence-electron chi connectivity index (χ4n) is 1.67. The first kappa shape index (κ1) is 14.5. The number of halogens is 2. The number of nitro benzene ring substituents is 1. The summed E-state index contributed by atoms with van der Waals surface area (Å²) in [6, 6.07) is 2.77. The minimum atomic E-state index is -2.91. The van der Waals surface area contributed by atoms with Crippen molar-refractivity contribution in [3.05, 3.63) is 27.3 Å². The lowest BCUT2D eigenvalue weighted by molar-refractivity contribution is -0.383. The lowest BCUT2D eigenvalue weighted by Gasteiger charge is -2.11. The molecule has 0 amide bonds. The Morgan fingerprint density at radius 3 is 2.85 bits per heavy atom. The lowest BCUT2D eigenvalue weighted by Crippen LogP contribution is -2.27. The van der Waals surface area contributed by atoms with Gasteiger partial charge in [0.1, 0.15) is 11.8 Å². The van der Waals surface area contributed by atoms with Gasteiger partial charge in [-0.05, 0) is 13.0 Å². The van der Waals surface area contributed by atoms with Crippen LogP contribution in [0.4, 0.5) is 20.2 Å². The summed E-state index contributed by atoms with van der Waals surface area (Å²) in [5.41, 5.74) is 0.377. The molecule has 1 heterocycles. The summed E-state index contributed by atoms with van der Waals surface area (Å²) < 4.78 is 25.1. The second-order valence-electron chi connectivity index (χ2n) is 4.11. The molecule has 1 atom stereocenters. The van der Waals surface area contributed by atoms with E-state index < -0.39 is 24.0 Å². The highest BCUT2D eigenvalue weighted by Gasteiger charge is 2.20. The van der Waals surface area contributed by atoms with Gasteiger partial charge in [-0.2, -0.15) is 0 Å². The number of anilines is 1. The molecule has 20 heavy (non-hydrogen) atoms. The molecule has 0 radical (unpaired) electrons. The third-order valence-corrected chi connectivity index (χ3v) is 3.54. The number of hydrogen-bond acceptors (Lipinski definition) is 6. The second-order valence-corrected chi connectivity index (χ2v) is 5.34. The maximum atomic E-state index is 12.2. The van der Waals surface area contributed by atoms with E-state index in [2.05, 4.69) is 10.3 Å². The lowest BCUT2D eigenvalue weighted by atomic mass is 10.2. The molecule has 0 aliphatic rings. The van der Waals surface area contributed by atoms with E-state index in [1.54, 1.807) is 6.92 Å². The fraction of sp³-hybridized carbons (Fsp3) is 0.364. The van der Waals surface area contributed by atoms with Crippen LogP contribution in [0.3, 0.4) is 0 Å². The number of aliphatic hydroxyl groups excluding tert-OH is 1. The van der Waals surface area contributed by atoms with E-state index in [-0.39, 0.29) is 11.4 Å². The van der Waals surface area contributed by atoms with Gasteiger partial charge in [-0.25, -0.2) is 13.8 Å². The van der Waals surface area contributed by atoms with Gasteiger partial charge >= 0.3 is 0 Å². The van der Waals surface area contributed by atoms with Crippen molar-refractivity contribution in [1.29, 1.82) is 0 Å². The Morgan fingerprint density at radius 1 is 1.55 bits per heavy atom. The van der Waals surface area contributed by atoms with Crippen molar-refractivity contribution in [2.24, 2.45) is 0 Å². The van der Waals surface area contributed by atoms with Crippen LogP contribution in [0, 0.1) is 17.0 Å². The molecule has 0 saturated heterocycles. The molecule has 0 spiro atoms. The van der Waals surface area contributed by atoms with Crippen LogP contribution in [0.15, 0.2) is 12.1 Å². The number of benzene rings is 1. The van der Waals surface area contributed by atoms with Crippen molar-refractivity contribution in [2.75, 3.05) is 11.9 Å². The molecule has 2 N–H and O–H groups in total. The fourth-order valence-corrected chi connectivity index (χ4v) is 2.52. The van der Waals surface area contributed by atoms with E-state index >= 15 is 0 Å². The Kier molecular flexibility index (Phi) is 4.09. The van der Waals surface area contributed by atoms with Gasteiger partial charge < -0.3 is 10.4 Å². The Balaban J connectivity index is 2.34. The first-order valence-corrected chi connectivity index (χ1v) is 6.46. The smallest absolute Gasteiger partial charge is 0.293 e. The van der Waals surface area contributed by atoms with Gasteiger partial charge in [0.2, 0.25) is 0 Å². The molecule has 0 bridgehead atoms. The first-order chi connectivity index (χ1) is 9.38. The van der Waals surface area contributed by atoms with Crippen LogP contribution in [0.2, 0.25) is 0 Å². The van der Waals surface area contributed by atoms with Crippen molar-refractivity contribution in [3.63, 3.8) is 0 Å². The van der Waals surface area contributed by atoms with E-state index in [0.717, 1.165) is 5.01 Å². The zero-order chi connectivity index (χ0) is 14.9. The summed E-state index contributed by atoms with van der Waals surface area (Å²) in [7, 11) is 0. The minimum Gasteiger partial charge on any atom is -0.385 e. The number of rotatable bonds is 5. The normalized spacial score (nSPS) is 12.8. The Morgan fingerprint density at radius 2 is 2.25 bits per heavy atom. The molecule has 1 aromatic heterocycles. The molecule has 6 nitrogen and oxygen atoms in total. The van der Waals surface area contributed by atoms with Gasteiger partial charge in [-0.15, -0.1) is 11.3 Å². The average molecular weight is 303 g/mol. The average Bonchev–Trinajstić information content (AvgIpc) is 2.73. The number of fused-ring (bicyclic) bond motifs is 1. The Bertz CT molecular complexity index is 647. The number of alkyl halides is 2. The van der Waals surface area contributed by atoms with E-state index in [1.807, 2.05) is 0 Å². The molecule has 108 valence electrons. The maximum Gasteiger partial charge on any atom is 0.293 e. The van der Waals surface area contributed by atoms with Crippen LogP contribution in [-0.4, -0.2) is 34.1 Å². The standard InChI is InChI=1S/C11H11F2N3O3S/c1-5-15-7-2-6(14-4-9(17)11(12)13)8(16(18)19)3-10(7)20-5/h2-3,9,11,14,17H,4H2,1H3. The minimum absolute atomic E-state index is 0.0625. The zero-order valence-electron chi connectivity index (χ0n) is 10.3. The van der Waals surface area contributed by atoms with E-state index in [9.17, 15) is 18.9 Å². The zero-order valence-corrected chi connectivity index (χ0v) is 11.2. The van der Waals surface area contributed by atoms with Crippen LogP contribution in [0.1, 0.15) is 5.01 Å². The maximum absolute atomic E-state index is 12.2. The molecule has 1 aromatic carbocycles. The quantitative estimate of drug-likeness (QED) is 0.654. The molecular formula is C11H11F2N3O3S. The first-order valence-electron chi connectivity index (χ1n) is 5.64. The predicted molar refractivity (Wildman–Crippen MR) is 71.5 cm³/mol. The van der Waals surface area contributed by atoms with Crippen molar-refractivity contribution in [3.8, 4) is 0 Å². The largest absolute Gasteiger partial charge is 0.385 e. The van der Waals surface area contributed by atoms with Crippen LogP contribution in [0.5, 0.6) is 0 Å². The van der Waals surface area contributed by atoms with Gasteiger partial charge in [0.25, 0.3) is 12.1 Å². The molecule has 2 aromatic rings. The number of aryl methyl sites for hydroxylation is 1. The third kappa shape index (κ3) is 2.99. The van der Waals surface area contributed by atoms with Gasteiger partial charge in [-0.1, -0.05) is 0 Å². The van der Waals surface area contributed by atoms with Gasteiger partial charge in [-0.3, -0.25) is 10.1 Å². The molecule has 1 unspecified atom stereocenters. The van der Waals surface area contributed by atoms with Crippen molar-refractivity contribution < 1.29 is 18.8 Å². The summed E-state index contributed by atoms with van der Waals surface area (Å²) >= 11 is 1.31. The number of thiazole rings is 1. The summed E-state index contributed by atoms with van der Waals surface area (Å²) in [6.45, 7) is 1.29. The van der Waals surface area contributed by atoms with Crippen LogP contribution in [0.25, 0.3) is 10.2 Å². The topological polar surface area (TPSA) is 88.3 Å². The summed E-state index contributed by atoms with van der Waals surface area (Å²) in [5, 5.41) is 23.2. The molecule has 0 aliphatic carbocycles. The summed E-state index contributed by atoms with van der Waals surface area (Å²) in [6.07, 6.45) is -4.80. The molecular weight excluding hydrogens is 292 g/mol. The molecule has 2 rings (SSSR count). The van der Waals surface area contributed by atoms with Crippen LogP contribution < -0.4 is 5.32 Å². The van der Waals surface area contributed by atoms with Gasteiger partial charge in [0.05, 0.1) is 20.1 Å². The van der Waals surface area contributed by atoms with Crippen molar-refractivity contribution in [1.82, 2.24) is 4.98 Å². The third-order valence-electron chi connectivity index (χ3n) is 2.60. The van der Waals surface area contributed by atoms with Crippen LogP contribution in [-0.2, 0) is 0 Å². The summed E-state index contributed by atoms with van der Waals surface area (Å²) in [5.74, 6) is 0. The van der Waals surface area contributed by atoms with E-state index in [0.29, 0.717) is 10.2 Å². The molecule has 0 aliphatic heterocycles. The van der Waals surface area contributed by atoms with Gasteiger partial charge in [0.15, 0.2) is 0 Å². The number of aromatic nitrogens is 1. The van der Waals surface area contributed by atoms with Crippen LogP contribution >= 0.6 is 11.3 Å². The summed E-state index contributed by atoms with van der Waals surface area (Å²) in [4.78, 5) is 14.6. The molecule has 0 fully saturated rings.